The highest BCUT2D eigenvalue weighted by atomic mass is 35.5. The van der Waals surface area contributed by atoms with Crippen molar-refractivity contribution in [2.24, 2.45) is 0 Å². The molecule has 2 aromatic rings. The number of rotatable bonds is 2. The highest BCUT2D eigenvalue weighted by Gasteiger charge is 2.34. The molecule has 2 amide bonds. The van der Waals surface area contributed by atoms with Gasteiger partial charge in [0.2, 0.25) is 0 Å². The summed E-state index contributed by atoms with van der Waals surface area (Å²) in [4.78, 5) is 26.8. The lowest BCUT2D eigenvalue weighted by Crippen LogP contribution is -2.43. The minimum absolute atomic E-state index is 0.0653. The van der Waals surface area contributed by atoms with Gasteiger partial charge in [0.05, 0.1) is 12.8 Å². The second kappa shape index (κ2) is 6.76. The van der Waals surface area contributed by atoms with E-state index in [-0.39, 0.29) is 6.04 Å². The van der Waals surface area contributed by atoms with Crippen molar-refractivity contribution in [3.05, 3.63) is 52.5 Å². The van der Waals surface area contributed by atoms with E-state index < -0.39 is 11.8 Å². The van der Waals surface area contributed by atoms with Crippen molar-refractivity contribution in [2.75, 3.05) is 17.3 Å². The number of hydrogen-bond acceptors (Lipinski definition) is 3. The molecule has 130 valence electrons. The zero-order valence-corrected chi connectivity index (χ0v) is 15.1. The van der Waals surface area contributed by atoms with Crippen LogP contribution in [0, 0.1) is 6.92 Å². The van der Waals surface area contributed by atoms with E-state index in [4.69, 9.17) is 16.3 Å². The fourth-order valence-electron chi connectivity index (χ4n) is 3.09. The quantitative estimate of drug-likeness (QED) is 0.835. The smallest absolute Gasteiger partial charge is 0.316 e. The Bertz CT molecular complexity index is 851. The molecule has 0 aliphatic carbocycles. The first-order valence-electron chi connectivity index (χ1n) is 7.99. The van der Waals surface area contributed by atoms with Gasteiger partial charge in [0, 0.05) is 22.8 Å². The SMILES string of the molecule is COc1cc(Cl)c(C)cc1NC(=O)C(=O)N1c2ccccc2CC1C. The Balaban J connectivity index is 1.85. The summed E-state index contributed by atoms with van der Waals surface area (Å²) in [7, 11) is 1.48. The van der Waals surface area contributed by atoms with Crippen LogP contribution in [0.4, 0.5) is 11.4 Å². The zero-order chi connectivity index (χ0) is 18.1. The summed E-state index contributed by atoms with van der Waals surface area (Å²) >= 11 is 6.07. The summed E-state index contributed by atoms with van der Waals surface area (Å²) in [6, 6.07) is 10.9. The Morgan fingerprint density at radius 2 is 2.00 bits per heavy atom. The van der Waals surface area contributed by atoms with Crippen molar-refractivity contribution in [3.63, 3.8) is 0 Å². The van der Waals surface area contributed by atoms with Gasteiger partial charge in [-0.3, -0.25) is 9.59 Å². The standard InChI is InChI=1S/C19H19ClN2O3/c1-11-8-15(17(25-3)10-14(11)20)21-18(23)19(24)22-12(2)9-13-6-4-5-7-16(13)22/h4-8,10,12H,9H2,1-3H3,(H,21,23). The van der Waals surface area contributed by atoms with Crippen molar-refractivity contribution in [1.82, 2.24) is 0 Å². The van der Waals surface area contributed by atoms with Crippen LogP contribution < -0.4 is 15.0 Å². The number of halogens is 1. The third-order valence-electron chi connectivity index (χ3n) is 4.35. The van der Waals surface area contributed by atoms with E-state index in [2.05, 4.69) is 5.32 Å². The Kier molecular flexibility index (Phi) is 4.68. The number of methoxy groups -OCH3 is 1. The average Bonchev–Trinajstić information content (AvgIpc) is 2.92. The Morgan fingerprint density at radius 1 is 1.28 bits per heavy atom. The monoisotopic (exact) mass is 358 g/mol. The summed E-state index contributed by atoms with van der Waals surface area (Å²) in [6.45, 7) is 3.75. The number of hydrogen-bond donors (Lipinski definition) is 1. The molecule has 0 fully saturated rings. The molecule has 0 radical (unpaired) electrons. The number of anilines is 2. The number of ether oxygens (including phenoxy) is 1. The van der Waals surface area contributed by atoms with Crippen molar-refractivity contribution in [1.29, 1.82) is 0 Å². The molecule has 3 rings (SSSR count). The number of para-hydroxylation sites is 1. The predicted octanol–water partition coefficient (Wildman–Crippen LogP) is 3.57. The first-order valence-corrected chi connectivity index (χ1v) is 8.36. The number of nitrogens with one attached hydrogen (secondary N) is 1. The normalized spacial score (nSPS) is 15.7. The lowest BCUT2D eigenvalue weighted by molar-refractivity contribution is -0.134. The number of benzene rings is 2. The molecular weight excluding hydrogens is 340 g/mol. The van der Waals surface area contributed by atoms with Crippen molar-refractivity contribution in [3.8, 4) is 5.75 Å². The number of aryl methyl sites for hydroxylation is 1. The molecule has 1 aliphatic heterocycles. The minimum Gasteiger partial charge on any atom is -0.495 e. The number of amides is 2. The van der Waals surface area contributed by atoms with Crippen LogP contribution in [0.1, 0.15) is 18.1 Å². The fourth-order valence-corrected chi connectivity index (χ4v) is 3.24. The molecule has 0 saturated carbocycles. The lowest BCUT2D eigenvalue weighted by atomic mass is 10.1. The van der Waals surface area contributed by atoms with Gasteiger partial charge in [-0.15, -0.1) is 0 Å². The highest BCUT2D eigenvalue weighted by Crippen LogP contribution is 2.33. The molecule has 1 atom stereocenters. The van der Waals surface area contributed by atoms with Crippen LogP contribution in [0.25, 0.3) is 0 Å². The molecule has 5 nitrogen and oxygen atoms in total. The molecule has 0 aromatic heterocycles. The van der Waals surface area contributed by atoms with Gasteiger partial charge in [-0.25, -0.2) is 0 Å². The van der Waals surface area contributed by atoms with Gasteiger partial charge in [0.1, 0.15) is 5.75 Å². The van der Waals surface area contributed by atoms with E-state index in [1.807, 2.05) is 38.1 Å². The van der Waals surface area contributed by atoms with E-state index >= 15 is 0 Å². The van der Waals surface area contributed by atoms with Crippen LogP contribution in [-0.2, 0) is 16.0 Å². The molecule has 0 spiro atoms. The van der Waals surface area contributed by atoms with Crippen molar-refractivity contribution >= 4 is 34.8 Å². The van der Waals surface area contributed by atoms with Gasteiger partial charge in [-0.05, 0) is 43.5 Å². The summed E-state index contributed by atoms with van der Waals surface area (Å²) in [5, 5.41) is 3.17. The molecule has 1 unspecified atom stereocenters. The summed E-state index contributed by atoms with van der Waals surface area (Å²) in [6.07, 6.45) is 0.735. The second-order valence-electron chi connectivity index (χ2n) is 6.11. The molecule has 1 aliphatic rings. The summed E-state index contributed by atoms with van der Waals surface area (Å²) in [5.74, 6) is -0.887. The largest absolute Gasteiger partial charge is 0.495 e. The predicted molar refractivity (Wildman–Crippen MR) is 98.5 cm³/mol. The Hall–Kier alpha value is -2.53. The molecule has 0 saturated heterocycles. The van der Waals surface area contributed by atoms with Gasteiger partial charge in [-0.1, -0.05) is 29.8 Å². The maximum atomic E-state index is 12.7. The molecule has 6 heteroatoms. The number of nitrogens with zero attached hydrogens (tertiary/aromatic N) is 1. The van der Waals surface area contributed by atoms with Crippen LogP contribution in [0.2, 0.25) is 5.02 Å². The maximum absolute atomic E-state index is 12.7. The summed E-state index contributed by atoms with van der Waals surface area (Å²) < 4.78 is 5.24. The highest BCUT2D eigenvalue weighted by molar-refractivity contribution is 6.44. The first-order chi connectivity index (χ1) is 11.9. The molecule has 1 N–H and O–H groups in total. The van der Waals surface area contributed by atoms with Crippen molar-refractivity contribution < 1.29 is 14.3 Å². The third kappa shape index (κ3) is 3.20. The second-order valence-corrected chi connectivity index (χ2v) is 6.52. The topological polar surface area (TPSA) is 58.6 Å². The van der Waals surface area contributed by atoms with E-state index in [9.17, 15) is 9.59 Å². The van der Waals surface area contributed by atoms with Gasteiger partial charge in [0.25, 0.3) is 0 Å². The number of carbonyl (C=O) groups is 2. The van der Waals surface area contributed by atoms with E-state index in [1.165, 1.54) is 7.11 Å². The van der Waals surface area contributed by atoms with Crippen LogP contribution >= 0.6 is 11.6 Å². The van der Waals surface area contributed by atoms with Crippen LogP contribution in [0.3, 0.4) is 0 Å². The third-order valence-corrected chi connectivity index (χ3v) is 4.76. The van der Waals surface area contributed by atoms with Gasteiger partial charge < -0.3 is 15.0 Å². The molecule has 0 bridgehead atoms. The van der Waals surface area contributed by atoms with Gasteiger partial charge in [-0.2, -0.15) is 0 Å². The van der Waals surface area contributed by atoms with Gasteiger partial charge >= 0.3 is 11.8 Å². The first kappa shape index (κ1) is 17.3. The molecule has 1 heterocycles. The van der Waals surface area contributed by atoms with Crippen LogP contribution in [0.15, 0.2) is 36.4 Å². The van der Waals surface area contributed by atoms with Gasteiger partial charge in [0.15, 0.2) is 0 Å². The Morgan fingerprint density at radius 3 is 2.72 bits per heavy atom. The van der Waals surface area contributed by atoms with Crippen LogP contribution in [0.5, 0.6) is 5.75 Å². The fraction of sp³-hybridized carbons (Fsp3) is 0.263. The number of fused-ring (bicyclic) bond motifs is 1. The Labute approximate surface area is 151 Å². The molecular formula is C19H19ClN2O3. The lowest BCUT2D eigenvalue weighted by Gasteiger charge is -2.22. The van der Waals surface area contributed by atoms with E-state index in [1.54, 1.807) is 17.0 Å². The van der Waals surface area contributed by atoms with Crippen molar-refractivity contribution in [2.45, 2.75) is 26.3 Å². The molecule has 2 aromatic carbocycles. The minimum atomic E-state index is -0.705. The zero-order valence-electron chi connectivity index (χ0n) is 14.3. The van der Waals surface area contributed by atoms with E-state index in [0.29, 0.717) is 16.5 Å². The summed E-state index contributed by atoms with van der Waals surface area (Å²) in [5.41, 5.74) is 3.05. The van der Waals surface area contributed by atoms with Crippen LogP contribution in [-0.4, -0.2) is 25.0 Å². The number of carbonyl (C=O) groups excluding carboxylic acids is 2. The maximum Gasteiger partial charge on any atom is 0.316 e. The van der Waals surface area contributed by atoms with E-state index in [0.717, 1.165) is 23.2 Å². The molecule has 25 heavy (non-hydrogen) atoms. The average molecular weight is 359 g/mol.